The molecule has 0 amide bonds. The minimum Gasteiger partial charge on any atom is -0.313 e. The van der Waals surface area contributed by atoms with E-state index in [1.165, 1.54) is 0 Å². The summed E-state index contributed by atoms with van der Waals surface area (Å²) in [4.78, 5) is 0. The van der Waals surface area contributed by atoms with E-state index in [0.29, 0.717) is 12.8 Å². The van der Waals surface area contributed by atoms with E-state index in [9.17, 15) is 0 Å². The highest BCUT2D eigenvalue weighted by Gasteiger charge is 2.30. The lowest BCUT2D eigenvalue weighted by atomic mass is 9.79. The van der Waals surface area contributed by atoms with Crippen molar-refractivity contribution in [1.29, 1.82) is 5.26 Å². The second-order valence-electron chi connectivity index (χ2n) is 3.82. The first kappa shape index (κ1) is 9.51. The smallest absolute Gasteiger partial charge is 0.108 e. The molecule has 1 aliphatic carbocycles. The lowest BCUT2D eigenvalue weighted by Gasteiger charge is -2.28. The third-order valence-electron chi connectivity index (χ3n) is 2.77. The highest BCUT2D eigenvalue weighted by molar-refractivity contribution is 6.31. The maximum atomic E-state index is 8.94. The van der Waals surface area contributed by atoms with Gasteiger partial charge >= 0.3 is 0 Å². The molecule has 3 heteroatoms. The number of halogens is 1. The van der Waals surface area contributed by atoms with E-state index in [1.807, 2.05) is 18.2 Å². The lowest BCUT2D eigenvalue weighted by molar-refractivity contribution is 0.470. The summed E-state index contributed by atoms with van der Waals surface area (Å²) in [5, 5.41) is 9.73. The number of rotatable bonds is 0. The number of hydrogen-bond acceptors (Lipinski definition) is 2. The van der Waals surface area contributed by atoms with Gasteiger partial charge in [-0.1, -0.05) is 23.7 Å². The molecule has 1 atom stereocenters. The molecule has 0 saturated heterocycles. The van der Waals surface area contributed by atoms with Gasteiger partial charge in [-0.25, -0.2) is 0 Å². The molecule has 2 N–H and O–H groups in total. The zero-order valence-corrected chi connectivity index (χ0v) is 8.51. The highest BCUT2D eigenvalue weighted by Crippen LogP contribution is 2.31. The van der Waals surface area contributed by atoms with E-state index in [2.05, 4.69) is 6.07 Å². The zero-order chi connectivity index (χ0) is 10.2. The molecule has 0 saturated carbocycles. The molecule has 0 spiro atoms. The first-order valence-corrected chi connectivity index (χ1v) is 4.99. The van der Waals surface area contributed by atoms with Gasteiger partial charge in [0, 0.05) is 11.4 Å². The Morgan fingerprint density at radius 1 is 1.50 bits per heavy atom. The van der Waals surface area contributed by atoms with Crippen LogP contribution in [0.4, 0.5) is 0 Å². The van der Waals surface area contributed by atoms with Crippen molar-refractivity contribution in [3.63, 3.8) is 0 Å². The molecule has 1 aromatic carbocycles. The fourth-order valence-corrected chi connectivity index (χ4v) is 2.21. The van der Waals surface area contributed by atoms with Crippen LogP contribution in [0.15, 0.2) is 18.2 Å². The minimum atomic E-state index is -0.697. The van der Waals surface area contributed by atoms with Crippen LogP contribution in [-0.2, 0) is 12.8 Å². The number of nitriles is 1. The molecule has 0 aliphatic heterocycles. The van der Waals surface area contributed by atoms with Gasteiger partial charge in [0.1, 0.15) is 5.54 Å². The van der Waals surface area contributed by atoms with Crippen molar-refractivity contribution >= 4 is 11.6 Å². The molecule has 1 unspecified atom stereocenters. The quantitative estimate of drug-likeness (QED) is 0.707. The summed E-state index contributed by atoms with van der Waals surface area (Å²) in [6, 6.07) is 7.97. The summed E-state index contributed by atoms with van der Waals surface area (Å²) in [5.74, 6) is 0. The first-order chi connectivity index (χ1) is 6.64. The van der Waals surface area contributed by atoms with Crippen molar-refractivity contribution in [3.8, 4) is 6.07 Å². The maximum Gasteiger partial charge on any atom is 0.108 e. The van der Waals surface area contributed by atoms with Gasteiger partial charge in [-0.15, -0.1) is 0 Å². The van der Waals surface area contributed by atoms with Crippen molar-refractivity contribution in [1.82, 2.24) is 0 Å². The number of nitrogens with two attached hydrogens (primary N) is 1. The summed E-state index contributed by atoms with van der Waals surface area (Å²) in [5.41, 5.74) is 7.50. The monoisotopic (exact) mass is 206 g/mol. The molecule has 0 fully saturated rings. The standard InChI is InChI=1S/C11H11ClN2/c12-10-3-1-2-8-6-11(14,7-13)5-4-9(8)10/h1-3H,4-6,14H2. The average Bonchev–Trinajstić information content (AvgIpc) is 2.18. The second-order valence-corrected chi connectivity index (χ2v) is 4.23. The third-order valence-corrected chi connectivity index (χ3v) is 3.12. The van der Waals surface area contributed by atoms with Crippen LogP contribution in [0, 0.1) is 11.3 Å². The number of fused-ring (bicyclic) bond motifs is 1. The van der Waals surface area contributed by atoms with Crippen molar-refractivity contribution in [2.24, 2.45) is 5.73 Å². The van der Waals surface area contributed by atoms with Crippen molar-refractivity contribution in [3.05, 3.63) is 34.3 Å². The number of nitrogens with zero attached hydrogens (tertiary/aromatic N) is 1. The van der Waals surface area contributed by atoms with Crippen molar-refractivity contribution in [2.75, 3.05) is 0 Å². The summed E-state index contributed by atoms with van der Waals surface area (Å²) in [6.45, 7) is 0. The summed E-state index contributed by atoms with van der Waals surface area (Å²) in [6.07, 6.45) is 2.11. The van der Waals surface area contributed by atoms with E-state index in [4.69, 9.17) is 22.6 Å². The fourth-order valence-electron chi connectivity index (χ4n) is 1.92. The van der Waals surface area contributed by atoms with E-state index in [-0.39, 0.29) is 0 Å². The Balaban J connectivity index is 2.42. The summed E-state index contributed by atoms with van der Waals surface area (Å²) in [7, 11) is 0. The molecular formula is C11H11ClN2. The highest BCUT2D eigenvalue weighted by atomic mass is 35.5. The van der Waals surface area contributed by atoms with Crippen LogP contribution in [0.2, 0.25) is 5.02 Å². The maximum absolute atomic E-state index is 8.94. The Bertz CT molecular complexity index is 408. The van der Waals surface area contributed by atoms with E-state index < -0.39 is 5.54 Å². The van der Waals surface area contributed by atoms with E-state index in [0.717, 1.165) is 22.6 Å². The van der Waals surface area contributed by atoms with Gasteiger partial charge in [-0.3, -0.25) is 0 Å². The molecule has 1 aromatic rings. The predicted molar refractivity (Wildman–Crippen MR) is 56.0 cm³/mol. The molecule has 0 bridgehead atoms. The summed E-state index contributed by atoms with van der Waals surface area (Å²) < 4.78 is 0. The molecule has 1 aliphatic rings. The van der Waals surface area contributed by atoms with Crippen LogP contribution in [0.3, 0.4) is 0 Å². The van der Waals surface area contributed by atoms with Crippen LogP contribution >= 0.6 is 11.6 Å². The molecule has 72 valence electrons. The Morgan fingerprint density at radius 2 is 2.29 bits per heavy atom. The van der Waals surface area contributed by atoms with Gasteiger partial charge in [0.05, 0.1) is 6.07 Å². The molecular weight excluding hydrogens is 196 g/mol. The van der Waals surface area contributed by atoms with Gasteiger partial charge < -0.3 is 5.73 Å². The average molecular weight is 207 g/mol. The van der Waals surface area contributed by atoms with Crippen LogP contribution in [0.1, 0.15) is 17.5 Å². The fraction of sp³-hybridized carbons (Fsp3) is 0.364. The van der Waals surface area contributed by atoms with Gasteiger partial charge in [-0.2, -0.15) is 5.26 Å². The van der Waals surface area contributed by atoms with Crippen molar-refractivity contribution < 1.29 is 0 Å². The SMILES string of the molecule is N#CC1(N)CCc2c(Cl)cccc2C1. The third kappa shape index (κ3) is 1.50. The normalized spacial score (nSPS) is 25.2. The molecule has 2 rings (SSSR count). The summed E-state index contributed by atoms with van der Waals surface area (Å²) >= 11 is 6.05. The molecule has 0 radical (unpaired) electrons. The van der Waals surface area contributed by atoms with Crippen molar-refractivity contribution in [2.45, 2.75) is 24.8 Å². The van der Waals surface area contributed by atoms with Gasteiger partial charge in [0.2, 0.25) is 0 Å². The number of benzene rings is 1. The Kier molecular flexibility index (Phi) is 2.22. The van der Waals surface area contributed by atoms with Gasteiger partial charge in [0.15, 0.2) is 0 Å². The largest absolute Gasteiger partial charge is 0.313 e. The molecule has 2 nitrogen and oxygen atoms in total. The van der Waals surface area contributed by atoms with E-state index >= 15 is 0 Å². The predicted octanol–water partition coefficient (Wildman–Crippen LogP) is 2.05. The van der Waals surface area contributed by atoms with Crippen LogP contribution in [0.25, 0.3) is 0 Å². The molecule has 14 heavy (non-hydrogen) atoms. The Hall–Kier alpha value is -1.04. The van der Waals surface area contributed by atoms with Crippen LogP contribution < -0.4 is 5.73 Å². The van der Waals surface area contributed by atoms with Gasteiger partial charge in [0.25, 0.3) is 0 Å². The molecule has 0 aromatic heterocycles. The Labute approximate surface area is 88.3 Å². The van der Waals surface area contributed by atoms with Crippen LogP contribution in [-0.4, -0.2) is 5.54 Å². The van der Waals surface area contributed by atoms with E-state index in [1.54, 1.807) is 0 Å². The first-order valence-electron chi connectivity index (χ1n) is 4.61. The topological polar surface area (TPSA) is 49.8 Å². The lowest BCUT2D eigenvalue weighted by Crippen LogP contribution is -2.43. The zero-order valence-electron chi connectivity index (χ0n) is 7.76. The van der Waals surface area contributed by atoms with Crippen LogP contribution in [0.5, 0.6) is 0 Å². The number of hydrogen-bond donors (Lipinski definition) is 1. The second kappa shape index (κ2) is 3.27. The van der Waals surface area contributed by atoms with Gasteiger partial charge in [-0.05, 0) is 30.0 Å². The molecule has 0 heterocycles. The minimum absolute atomic E-state index is 0.611. The Morgan fingerprint density at radius 3 is 3.00 bits per heavy atom.